The van der Waals surface area contributed by atoms with Crippen molar-refractivity contribution in [1.82, 2.24) is 30.3 Å². The predicted octanol–water partition coefficient (Wildman–Crippen LogP) is 3.15. The number of rotatable bonds is 8. The number of piperidine rings is 1. The van der Waals surface area contributed by atoms with Gasteiger partial charge >= 0.3 is 0 Å². The van der Waals surface area contributed by atoms with E-state index in [1.807, 2.05) is 18.5 Å². The van der Waals surface area contributed by atoms with Gasteiger partial charge in [0.05, 0.1) is 0 Å². The molecule has 2 aliphatic heterocycles. The number of unbranched alkanes of at least 4 members (excludes halogenated alkanes) is 1. The fourth-order valence-corrected chi connectivity index (χ4v) is 4.91. The molecule has 1 aromatic heterocycles. The first kappa shape index (κ1) is 21.8. The molecule has 4 rings (SSSR count). The lowest BCUT2D eigenvalue weighted by Crippen LogP contribution is -2.52. The van der Waals surface area contributed by atoms with E-state index in [1.54, 1.807) is 0 Å². The Morgan fingerprint density at radius 3 is 2.52 bits per heavy atom. The lowest BCUT2D eigenvalue weighted by molar-refractivity contribution is 0.114. The molecule has 0 spiro atoms. The van der Waals surface area contributed by atoms with Crippen molar-refractivity contribution in [3.8, 4) is 0 Å². The van der Waals surface area contributed by atoms with Gasteiger partial charge in [0.25, 0.3) is 0 Å². The minimum absolute atomic E-state index is 0.471. The highest BCUT2D eigenvalue weighted by Crippen LogP contribution is 2.36. The summed E-state index contributed by atoms with van der Waals surface area (Å²) in [6.45, 7) is 6.74. The minimum Gasteiger partial charge on any atom is -0.356 e. The van der Waals surface area contributed by atoms with Gasteiger partial charge < -0.3 is 15.2 Å². The summed E-state index contributed by atoms with van der Waals surface area (Å²) in [5.41, 5.74) is 1.42. The van der Waals surface area contributed by atoms with E-state index < -0.39 is 0 Å². The van der Waals surface area contributed by atoms with Gasteiger partial charge in [-0.05, 0) is 44.6 Å². The number of hydrogen-bond acceptors (Lipinski definition) is 4. The third kappa shape index (κ3) is 5.45. The van der Waals surface area contributed by atoms with Crippen molar-refractivity contribution in [2.75, 3.05) is 6.54 Å². The summed E-state index contributed by atoms with van der Waals surface area (Å²) in [5, 5.41) is 15.7. The average Bonchev–Trinajstić information content (AvgIpc) is 3.21. The normalized spacial score (nSPS) is 23.8. The zero-order valence-electron chi connectivity index (χ0n) is 19.2. The van der Waals surface area contributed by atoms with Crippen LogP contribution in [0.15, 0.2) is 35.3 Å². The molecule has 31 heavy (non-hydrogen) atoms. The van der Waals surface area contributed by atoms with Crippen LogP contribution in [-0.2, 0) is 20.1 Å². The Balaban J connectivity index is 1.38. The number of aliphatic imine (C=N–C) groups is 1. The van der Waals surface area contributed by atoms with Gasteiger partial charge in [-0.3, -0.25) is 4.90 Å². The molecule has 7 heteroatoms. The highest BCUT2D eigenvalue weighted by atomic mass is 15.3. The van der Waals surface area contributed by atoms with Gasteiger partial charge in [0, 0.05) is 38.3 Å². The lowest BCUT2D eigenvalue weighted by atomic mass is 9.96. The van der Waals surface area contributed by atoms with Gasteiger partial charge in [-0.25, -0.2) is 4.99 Å². The van der Waals surface area contributed by atoms with Gasteiger partial charge in [0.1, 0.15) is 12.4 Å². The van der Waals surface area contributed by atoms with Crippen LogP contribution >= 0.6 is 0 Å². The van der Waals surface area contributed by atoms with Crippen LogP contribution in [0.4, 0.5) is 0 Å². The molecule has 0 aliphatic carbocycles. The predicted molar refractivity (Wildman–Crippen MR) is 125 cm³/mol. The molecule has 168 valence electrons. The number of guanidine groups is 1. The van der Waals surface area contributed by atoms with E-state index in [0.717, 1.165) is 37.1 Å². The first-order valence-electron chi connectivity index (χ1n) is 11.8. The molecular weight excluding hydrogens is 386 g/mol. The molecule has 7 nitrogen and oxygen atoms in total. The van der Waals surface area contributed by atoms with Crippen LogP contribution in [0.25, 0.3) is 0 Å². The highest BCUT2D eigenvalue weighted by molar-refractivity contribution is 5.80. The van der Waals surface area contributed by atoms with E-state index in [0.29, 0.717) is 24.7 Å². The maximum absolute atomic E-state index is 4.85. The molecule has 2 aromatic rings. The monoisotopic (exact) mass is 423 g/mol. The Labute approximate surface area is 186 Å². The van der Waals surface area contributed by atoms with Crippen LogP contribution in [0, 0.1) is 6.92 Å². The second-order valence-corrected chi connectivity index (χ2v) is 9.02. The smallest absolute Gasteiger partial charge is 0.191 e. The summed E-state index contributed by atoms with van der Waals surface area (Å²) in [7, 11) is 2.00. The van der Waals surface area contributed by atoms with Crippen LogP contribution in [0.1, 0.15) is 62.7 Å². The number of benzene rings is 1. The molecule has 2 bridgehead atoms. The minimum atomic E-state index is 0.471. The molecule has 2 fully saturated rings. The number of fused-ring (bicyclic) bond motifs is 2. The Morgan fingerprint density at radius 1 is 1.13 bits per heavy atom. The van der Waals surface area contributed by atoms with Gasteiger partial charge in [-0.1, -0.05) is 43.7 Å². The number of aryl methyl sites for hydroxylation is 1. The van der Waals surface area contributed by atoms with E-state index in [1.165, 1.54) is 37.7 Å². The van der Waals surface area contributed by atoms with Crippen LogP contribution < -0.4 is 10.6 Å². The van der Waals surface area contributed by atoms with Crippen LogP contribution in [0.3, 0.4) is 0 Å². The topological polar surface area (TPSA) is 70.4 Å². The van der Waals surface area contributed by atoms with Crippen LogP contribution in [0.2, 0.25) is 0 Å². The van der Waals surface area contributed by atoms with Crippen molar-refractivity contribution >= 4 is 5.96 Å². The Kier molecular flexibility index (Phi) is 7.22. The summed E-state index contributed by atoms with van der Waals surface area (Å²) < 4.78 is 2.01. The number of nitrogens with one attached hydrogen (secondary N) is 2. The summed E-state index contributed by atoms with van der Waals surface area (Å²) in [6.07, 6.45) is 7.30. The molecule has 2 saturated heterocycles. The van der Waals surface area contributed by atoms with Crippen molar-refractivity contribution in [3.63, 3.8) is 0 Å². The molecule has 0 amide bonds. The fraction of sp³-hybridized carbons (Fsp3) is 0.625. The summed E-state index contributed by atoms with van der Waals surface area (Å²) in [6, 6.07) is 12.7. The Bertz CT molecular complexity index is 846. The molecule has 3 heterocycles. The standard InChI is InChI=1S/C24H37N7/c1-4-5-13-25-24(26-16-23-29-28-18(2)30(23)3)27-20-14-21-11-12-22(15-20)31(21)17-19-9-7-6-8-10-19/h6-10,20-22H,4-5,11-17H2,1-3H3,(H2,25,26,27). The first-order valence-corrected chi connectivity index (χ1v) is 11.8. The molecule has 2 N–H and O–H groups in total. The second-order valence-electron chi connectivity index (χ2n) is 9.02. The van der Waals surface area contributed by atoms with Gasteiger partial charge in [0.15, 0.2) is 11.8 Å². The second kappa shape index (κ2) is 10.3. The third-order valence-corrected chi connectivity index (χ3v) is 6.82. The molecule has 2 atom stereocenters. The molecule has 0 radical (unpaired) electrons. The molecule has 1 aromatic carbocycles. The number of nitrogens with zero attached hydrogens (tertiary/aromatic N) is 5. The molecule has 0 saturated carbocycles. The summed E-state index contributed by atoms with van der Waals surface area (Å²) >= 11 is 0. The third-order valence-electron chi connectivity index (χ3n) is 6.82. The molecule has 2 unspecified atom stereocenters. The van der Waals surface area contributed by atoms with E-state index >= 15 is 0 Å². The van der Waals surface area contributed by atoms with Gasteiger partial charge in [-0.15, -0.1) is 10.2 Å². The number of hydrogen-bond donors (Lipinski definition) is 2. The van der Waals surface area contributed by atoms with Crippen molar-refractivity contribution in [3.05, 3.63) is 47.5 Å². The lowest BCUT2D eigenvalue weighted by Gasteiger charge is -2.39. The average molecular weight is 424 g/mol. The van der Waals surface area contributed by atoms with Gasteiger partial charge in [-0.2, -0.15) is 0 Å². The molecule has 2 aliphatic rings. The number of aromatic nitrogens is 3. The Morgan fingerprint density at radius 2 is 1.87 bits per heavy atom. The summed E-state index contributed by atoms with van der Waals surface area (Å²) in [4.78, 5) is 7.58. The Hall–Kier alpha value is -2.41. The highest BCUT2D eigenvalue weighted by Gasteiger charge is 2.40. The van der Waals surface area contributed by atoms with E-state index in [4.69, 9.17) is 4.99 Å². The fourth-order valence-electron chi connectivity index (χ4n) is 4.91. The maximum atomic E-state index is 4.85. The zero-order chi connectivity index (χ0) is 21.6. The van der Waals surface area contributed by atoms with E-state index in [9.17, 15) is 0 Å². The van der Waals surface area contributed by atoms with Crippen molar-refractivity contribution in [2.24, 2.45) is 12.0 Å². The van der Waals surface area contributed by atoms with Crippen LogP contribution in [-0.4, -0.2) is 50.3 Å². The van der Waals surface area contributed by atoms with E-state index in [-0.39, 0.29) is 0 Å². The van der Waals surface area contributed by atoms with Crippen molar-refractivity contribution in [1.29, 1.82) is 0 Å². The van der Waals surface area contributed by atoms with Crippen molar-refractivity contribution in [2.45, 2.75) is 83.6 Å². The first-order chi connectivity index (χ1) is 15.1. The summed E-state index contributed by atoms with van der Waals surface area (Å²) in [5.74, 6) is 2.72. The zero-order valence-corrected chi connectivity index (χ0v) is 19.2. The molecular formula is C24H37N7. The van der Waals surface area contributed by atoms with Crippen LogP contribution in [0.5, 0.6) is 0 Å². The quantitative estimate of drug-likeness (QED) is 0.388. The van der Waals surface area contributed by atoms with Gasteiger partial charge in [0.2, 0.25) is 0 Å². The maximum Gasteiger partial charge on any atom is 0.191 e. The van der Waals surface area contributed by atoms with E-state index in [2.05, 4.69) is 63.0 Å². The van der Waals surface area contributed by atoms with Crippen molar-refractivity contribution < 1.29 is 0 Å². The largest absolute Gasteiger partial charge is 0.356 e. The SMILES string of the molecule is CCCCNC(=NCc1nnc(C)n1C)NC1CC2CCC(C1)N2Cc1ccccc1.